The molecule has 0 radical (unpaired) electrons. The number of ether oxygens (including phenoxy) is 1. The van der Waals surface area contributed by atoms with E-state index in [1.54, 1.807) is 4.68 Å². The summed E-state index contributed by atoms with van der Waals surface area (Å²) in [4.78, 5) is 22.2. The lowest BCUT2D eigenvalue weighted by Gasteiger charge is -2.17. The predicted octanol–water partition coefficient (Wildman–Crippen LogP) is 7.10. The van der Waals surface area contributed by atoms with Crippen molar-refractivity contribution in [1.82, 2.24) is 34.7 Å². The van der Waals surface area contributed by atoms with E-state index in [0.29, 0.717) is 36.7 Å². The topological polar surface area (TPSA) is 101 Å². The minimum Gasteiger partial charge on any atom is -0.357 e. The van der Waals surface area contributed by atoms with E-state index in [4.69, 9.17) is 14.7 Å². The SMILES string of the molecule is CCCCc1nc2cc(Cc3ccccc3)c(C=O)nc2n1Cc1ccc(-c2ccccc2)c(-c2nnnn2C(C)OCC)c1. The summed E-state index contributed by atoms with van der Waals surface area (Å²) >= 11 is 0. The average molecular weight is 600 g/mol. The number of carbonyl (C=O) groups is 1. The molecule has 3 aromatic carbocycles. The number of pyridine rings is 1. The lowest BCUT2D eigenvalue weighted by atomic mass is 9.96. The smallest absolute Gasteiger partial charge is 0.185 e. The molecular weight excluding hydrogens is 562 g/mol. The van der Waals surface area contributed by atoms with Gasteiger partial charge in [-0.2, -0.15) is 4.68 Å². The number of imidazole rings is 1. The second kappa shape index (κ2) is 13.7. The molecule has 9 nitrogen and oxygen atoms in total. The second-order valence-corrected chi connectivity index (χ2v) is 11.1. The summed E-state index contributed by atoms with van der Waals surface area (Å²) in [5.41, 5.74) is 7.99. The first kappa shape index (κ1) is 30.0. The van der Waals surface area contributed by atoms with E-state index in [2.05, 4.69) is 69.5 Å². The highest BCUT2D eigenvalue weighted by atomic mass is 16.5. The van der Waals surface area contributed by atoms with Crippen LogP contribution in [0.3, 0.4) is 0 Å². The van der Waals surface area contributed by atoms with Gasteiger partial charge in [0.1, 0.15) is 17.0 Å². The minimum absolute atomic E-state index is 0.332. The van der Waals surface area contributed by atoms with Gasteiger partial charge in [-0.25, -0.2) is 9.97 Å². The van der Waals surface area contributed by atoms with Gasteiger partial charge in [0.25, 0.3) is 0 Å². The number of carbonyl (C=O) groups excluding carboxylic acids is 1. The summed E-state index contributed by atoms with van der Waals surface area (Å²) in [7, 11) is 0. The van der Waals surface area contributed by atoms with Gasteiger partial charge in [0.05, 0.1) is 6.54 Å². The first-order valence-corrected chi connectivity index (χ1v) is 15.6. The Kier molecular flexibility index (Phi) is 9.17. The number of aldehydes is 1. The Labute approximate surface area is 262 Å². The van der Waals surface area contributed by atoms with E-state index < -0.39 is 0 Å². The van der Waals surface area contributed by atoms with Gasteiger partial charge in [0.2, 0.25) is 0 Å². The van der Waals surface area contributed by atoms with Gasteiger partial charge in [-0.3, -0.25) is 4.79 Å². The van der Waals surface area contributed by atoms with Crippen molar-refractivity contribution in [2.75, 3.05) is 6.61 Å². The molecule has 0 spiro atoms. The Bertz CT molecular complexity index is 1900. The molecular formula is C36H37N7O2. The third-order valence-corrected chi connectivity index (χ3v) is 8.01. The molecule has 0 N–H and O–H groups in total. The highest BCUT2D eigenvalue weighted by Gasteiger charge is 2.21. The molecule has 45 heavy (non-hydrogen) atoms. The number of aryl methyl sites for hydroxylation is 1. The van der Waals surface area contributed by atoms with Crippen molar-refractivity contribution in [3.63, 3.8) is 0 Å². The summed E-state index contributed by atoms with van der Waals surface area (Å²) in [5, 5.41) is 12.7. The first-order chi connectivity index (χ1) is 22.1. The monoisotopic (exact) mass is 599 g/mol. The fourth-order valence-corrected chi connectivity index (χ4v) is 5.75. The Morgan fingerprint density at radius 1 is 0.889 bits per heavy atom. The summed E-state index contributed by atoms with van der Waals surface area (Å²) < 4.78 is 9.72. The van der Waals surface area contributed by atoms with Gasteiger partial charge < -0.3 is 9.30 Å². The number of fused-ring (bicyclic) bond motifs is 1. The van der Waals surface area contributed by atoms with Gasteiger partial charge in [0.15, 0.2) is 24.0 Å². The van der Waals surface area contributed by atoms with Crippen LogP contribution in [0.2, 0.25) is 0 Å². The zero-order valence-corrected chi connectivity index (χ0v) is 25.9. The molecule has 9 heteroatoms. The molecule has 0 saturated heterocycles. The van der Waals surface area contributed by atoms with Crippen LogP contribution in [0.25, 0.3) is 33.7 Å². The maximum atomic E-state index is 12.3. The van der Waals surface area contributed by atoms with Gasteiger partial charge >= 0.3 is 0 Å². The third kappa shape index (κ3) is 6.44. The van der Waals surface area contributed by atoms with Crippen LogP contribution in [0.4, 0.5) is 0 Å². The van der Waals surface area contributed by atoms with E-state index >= 15 is 0 Å². The molecule has 6 rings (SSSR count). The van der Waals surface area contributed by atoms with Crippen molar-refractivity contribution in [1.29, 1.82) is 0 Å². The quantitative estimate of drug-likeness (QED) is 0.131. The van der Waals surface area contributed by atoms with Crippen molar-refractivity contribution < 1.29 is 9.53 Å². The van der Waals surface area contributed by atoms with Crippen LogP contribution in [0.5, 0.6) is 0 Å². The van der Waals surface area contributed by atoms with Crippen LogP contribution in [-0.2, 0) is 24.1 Å². The summed E-state index contributed by atoms with van der Waals surface area (Å²) in [6, 6.07) is 28.8. The van der Waals surface area contributed by atoms with Gasteiger partial charge in [-0.05, 0) is 77.1 Å². The van der Waals surface area contributed by atoms with Crippen LogP contribution in [0.1, 0.15) is 72.8 Å². The molecule has 3 heterocycles. The third-order valence-electron chi connectivity index (χ3n) is 8.01. The molecule has 0 bridgehead atoms. The van der Waals surface area contributed by atoms with Crippen molar-refractivity contribution in [3.8, 4) is 22.5 Å². The van der Waals surface area contributed by atoms with Gasteiger partial charge in [0, 0.05) is 18.6 Å². The molecule has 0 saturated carbocycles. The lowest BCUT2D eigenvalue weighted by Crippen LogP contribution is -2.13. The molecule has 1 atom stereocenters. The highest BCUT2D eigenvalue weighted by molar-refractivity contribution is 5.83. The summed E-state index contributed by atoms with van der Waals surface area (Å²) in [6.07, 6.45) is 4.01. The van der Waals surface area contributed by atoms with Crippen LogP contribution >= 0.6 is 0 Å². The van der Waals surface area contributed by atoms with Crippen LogP contribution in [0.15, 0.2) is 84.9 Å². The predicted molar refractivity (Wildman–Crippen MR) is 175 cm³/mol. The molecule has 6 aromatic rings. The highest BCUT2D eigenvalue weighted by Crippen LogP contribution is 2.33. The number of benzene rings is 3. The van der Waals surface area contributed by atoms with E-state index in [0.717, 1.165) is 70.3 Å². The molecule has 0 aliphatic heterocycles. The largest absolute Gasteiger partial charge is 0.357 e. The van der Waals surface area contributed by atoms with Crippen molar-refractivity contribution in [2.45, 2.75) is 59.2 Å². The number of nitrogens with zero attached hydrogens (tertiary/aromatic N) is 7. The second-order valence-electron chi connectivity index (χ2n) is 11.1. The van der Waals surface area contributed by atoms with E-state index in [1.807, 2.05) is 56.3 Å². The molecule has 0 aliphatic rings. The van der Waals surface area contributed by atoms with Crippen LogP contribution < -0.4 is 0 Å². The molecule has 0 amide bonds. The zero-order chi connectivity index (χ0) is 31.2. The molecule has 1 unspecified atom stereocenters. The Balaban J connectivity index is 1.45. The van der Waals surface area contributed by atoms with Crippen LogP contribution in [0, 0.1) is 0 Å². The van der Waals surface area contributed by atoms with E-state index in [1.165, 1.54) is 0 Å². The van der Waals surface area contributed by atoms with Crippen molar-refractivity contribution in [3.05, 3.63) is 113 Å². The normalized spacial score (nSPS) is 12.1. The molecule has 0 fully saturated rings. The first-order valence-electron chi connectivity index (χ1n) is 15.6. The Morgan fingerprint density at radius 3 is 2.40 bits per heavy atom. The van der Waals surface area contributed by atoms with Crippen molar-refractivity contribution in [2.24, 2.45) is 0 Å². The fraction of sp³-hybridized carbons (Fsp3) is 0.278. The van der Waals surface area contributed by atoms with E-state index in [-0.39, 0.29) is 6.23 Å². The molecule has 0 aliphatic carbocycles. The van der Waals surface area contributed by atoms with Crippen molar-refractivity contribution >= 4 is 17.5 Å². The average Bonchev–Trinajstić information content (AvgIpc) is 3.69. The number of tetrazole rings is 1. The maximum Gasteiger partial charge on any atom is 0.185 e. The molecule has 228 valence electrons. The Hall–Kier alpha value is -5.02. The number of hydrogen-bond donors (Lipinski definition) is 0. The lowest BCUT2D eigenvalue weighted by molar-refractivity contribution is 0.0159. The molecule has 3 aromatic heterocycles. The maximum absolute atomic E-state index is 12.3. The zero-order valence-electron chi connectivity index (χ0n) is 25.9. The number of unbranched alkanes of at least 4 members (excludes halogenated alkanes) is 1. The van der Waals surface area contributed by atoms with Crippen LogP contribution in [-0.4, -0.2) is 47.6 Å². The Morgan fingerprint density at radius 2 is 1.67 bits per heavy atom. The number of hydrogen-bond acceptors (Lipinski definition) is 7. The minimum atomic E-state index is -0.332. The number of rotatable bonds is 13. The fourth-order valence-electron chi connectivity index (χ4n) is 5.75. The number of aromatic nitrogens is 7. The standard InChI is InChI=1S/C36H37N7O2/c1-4-6-17-34-37-32-22-29(20-26-13-9-7-10-14-26)33(24-44)38-36(32)42(34)23-27-18-19-30(28-15-11-8-12-16-28)31(21-27)35-39-40-41-43(35)25(3)45-5-2/h7-16,18-19,21-22,24-25H,4-6,17,20,23H2,1-3H3. The van der Waals surface area contributed by atoms with E-state index in [9.17, 15) is 4.79 Å². The van der Waals surface area contributed by atoms with Gasteiger partial charge in [-0.15, -0.1) is 5.10 Å². The summed E-state index contributed by atoms with van der Waals surface area (Å²) in [5.74, 6) is 1.59. The summed E-state index contributed by atoms with van der Waals surface area (Å²) in [6.45, 7) is 7.15. The van der Waals surface area contributed by atoms with Gasteiger partial charge in [-0.1, -0.05) is 86.1 Å².